The number of benzene rings is 1. The van der Waals surface area contributed by atoms with Crippen molar-refractivity contribution in [3.8, 4) is 0 Å². The quantitative estimate of drug-likeness (QED) is 0.441. The molecular weight excluding hydrogens is 469 g/mol. The molecule has 0 amide bonds. The van der Waals surface area contributed by atoms with Crippen LogP contribution in [-0.4, -0.2) is 30.0 Å². The van der Waals surface area contributed by atoms with Gasteiger partial charge < -0.3 is 9.30 Å². The lowest BCUT2D eigenvalue weighted by Gasteiger charge is -2.25. The van der Waals surface area contributed by atoms with E-state index in [0.29, 0.717) is 0 Å². The van der Waals surface area contributed by atoms with Gasteiger partial charge in [0.05, 0.1) is 0 Å². The van der Waals surface area contributed by atoms with Crippen molar-refractivity contribution in [1.82, 2.24) is 4.57 Å². The standard InChI is InChI=1S/C18H20INO5S/c1-18(26(2,23)24,9-11-20-10-8-15(19)12-16(20)21)17(22)25-13-14-6-4-3-5-7-14/h3-8,10,12H,9,11,13H2,1-2H3/t18-/m1/s1. The van der Waals surface area contributed by atoms with E-state index in [-0.39, 0.29) is 25.1 Å². The molecule has 0 aliphatic rings. The van der Waals surface area contributed by atoms with Gasteiger partial charge in [0.15, 0.2) is 14.6 Å². The Morgan fingerprint density at radius 1 is 1.23 bits per heavy atom. The molecule has 0 aliphatic carbocycles. The molecule has 0 N–H and O–H groups in total. The highest BCUT2D eigenvalue weighted by atomic mass is 127. The normalized spacial score (nSPS) is 13.8. The molecule has 140 valence electrons. The minimum Gasteiger partial charge on any atom is -0.460 e. The molecule has 0 unspecified atom stereocenters. The maximum atomic E-state index is 12.6. The maximum Gasteiger partial charge on any atom is 0.327 e. The number of aryl methyl sites for hydroxylation is 1. The molecule has 0 saturated heterocycles. The van der Waals surface area contributed by atoms with Crippen molar-refractivity contribution in [3.63, 3.8) is 0 Å². The fourth-order valence-corrected chi connectivity index (χ4v) is 3.57. The van der Waals surface area contributed by atoms with Crippen LogP contribution in [0.15, 0.2) is 53.5 Å². The molecule has 1 aromatic carbocycles. The summed E-state index contributed by atoms with van der Waals surface area (Å²) in [6.45, 7) is 1.43. The molecular formula is C18H20INO5S. The van der Waals surface area contributed by atoms with E-state index in [1.165, 1.54) is 17.6 Å². The number of carbonyl (C=O) groups is 1. The van der Waals surface area contributed by atoms with Gasteiger partial charge in [0.2, 0.25) is 0 Å². The molecule has 0 aliphatic heterocycles. The second kappa shape index (κ2) is 8.34. The summed E-state index contributed by atoms with van der Waals surface area (Å²) >= 11 is 2.02. The van der Waals surface area contributed by atoms with Crippen LogP contribution in [0.25, 0.3) is 0 Å². The Labute approximate surface area is 166 Å². The molecule has 0 bridgehead atoms. The Kier molecular flexibility index (Phi) is 6.62. The highest BCUT2D eigenvalue weighted by molar-refractivity contribution is 14.1. The zero-order valence-electron chi connectivity index (χ0n) is 14.5. The third-order valence-electron chi connectivity index (χ3n) is 4.25. The van der Waals surface area contributed by atoms with Gasteiger partial charge in [0, 0.05) is 28.6 Å². The summed E-state index contributed by atoms with van der Waals surface area (Å²) < 4.78 is 30.2. The topological polar surface area (TPSA) is 82.4 Å². The van der Waals surface area contributed by atoms with Gasteiger partial charge in [-0.1, -0.05) is 30.3 Å². The largest absolute Gasteiger partial charge is 0.460 e. The predicted molar refractivity (Wildman–Crippen MR) is 108 cm³/mol. The van der Waals surface area contributed by atoms with Crippen molar-refractivity contribution in [3.05, 3.63) is 68.1 Å². The Balaban J connectivity index is 2.16. The number of halogens is 1. The molecule has 1 heterocycles. The summed E-state index contributed by atoms with van der Waals surface area (Å²) in [5, 5.41) is 0. The summed E-state index contributed by atoms with van der Waals surface area (Å²) in [5.41, 5.74) is 0.524. The average molecular weight is 489 g/mol. The second-order valence-electron chi connectivity index (χ2n) is 6.19. The van der Waals surface area contributed by atoms with Crippen molar-refractivity contribution >= 4 is 38.4 Å². The lowest BCUT2D eigenvalue weighted by molar-refractivity contribution is -0.148. The first kappa shape index (κ1) is 20.6. The van der Waals surface area contributed by atoms with Crippen molar-refractivity contribution < 1.29 is 17.9 Å². The minimum atomic E-state index is -3.75. The van der Waals surface area contributed by atoms with Gasteiger partial charge in [-0.2, -0.15) is 0 Å². The third kappa shape index (κ3) is 4.94. The SMILES string of the molecule is C[C@@](CCn1ccc(I)cc1=O)(C(=O)OCc1ccccc1)S(C)(=O)=O. The van der Waals surface area contributed by atoms with E-state index in [9.17, 15) is 18.0 Å². The molecule has 0 radical (unpaired) electrons. The smallest absolute Gasteiger partial charge is 0.327 e. The number of sulfone groups is 1. The highest BCUT2D eigenvalue weighted by Gasteiger charge is 2.44. The number of aromatic nitrogens is 1. The number of carbonyl (C=O) groups excluding carboxylic acids is 1. The van der Waals surface area contributed by atoms with Gasteiger partial charge in [-0.15, -0.1) is 0 Å². The zero-order chi connectivity index (χ0) is 19.4. The van der Waals surface area contributed by atoms with Crippen LogP contribution in [0.2, 0.25) is 0 Å². The number of ether oxygens (including phenoxy) is 1. The fourth-order valence-electron chi connectivity index (χ4n) is 2.32. The van der Waals surface area contributed by atoms with Gasteiger partial charge in [0.1, 0.15) is 6.61 Å². The number of pyridine rings is 1. The Morgan fingerprint density at radius 2 is 1.88 bits per heavy atom. The minimum absolute atomic E-state index is 0.00569. The summed E-state index contributed by atoms with van der Waals surface area (Å²) in [5.74, 6) is -0.817. The Hall–Kier alpha value is -1.68. The molecule has 6 nitrogen and oxygen atoms in total. The number of rotatable bonds is 7. The van der Waals surface area contributed by atoms with Crippen LogP contribution >= 0.6 is 22.6 Å². The van der Waals surface area contributed by atoms with E-state index in [1.54, 1.807) is 24.4 Å². The van der Waals surface area contributed by atoms with E-state index >= 15 is 0 Å². The summed E-state index contributed by atoms with van der Waals surface area (Å²) in [6, 6.07) is 12.2. The van der Waals surface area contributed by atoms with Gasteiger partial charge in [-0.05, 0) is 47.6 Å². The number of esters is 1. The van der Waals surface area contributed by atoms with E-state index in [2.05, 4.69) is 0 Å². The summed E-state index contributed by atoms with van der Waals surface area (Å²) in [4.78, 5) is 24.5. The van der Waals surface area contributed by atoms with Crippen molar-refractivity contribution in [1.29, 1.82) is 0 Å². The van der Waals surface area contributed by atoms with Crippen LogP contribution in [0.5, 0.6) is 0 Å². The van der Waals surface area contributed by atoms with Crippen LogP contribution in [-0.2, 0) is 32.5 Å². The second-order valence-corrected chi connectivity index (χ2v) is 9.88. The van der Waals surface area contributed by atoms with E-state index in [1.807, 2.05) is 40.8 Å². The molecule has 1 aromatic heterocycles. The van der Waals surface area contributed by atoms with E-state index in [4.69, 9.17) is 4.74 Å². The number of hydrogen-bond acceptors (Lipinski definition) is 5. The molecule has 0 saturated carbocycles. The first-order valence-electron chi connectivity index (χ1n) is 7.90. The van der Waals surface area contributed by atoms with Crippen LogP contribution in [0.1, 0.15) is 18.9 Å². The first-order chi connectivity index (χ1) is 12.1. The number of nitrogens with zero attached hydrogens (tertiary/aromatic N) is 1. The molecule has 2 aromatic rings. The van der Waals surface area contributed by atoms with Crippen LogP contribution in [0.4, 0.5) is 0 Å². The molecule has 2 rings (SSSR count). The zero-order valence-corrected chi connectivity index (χ0v) is 17.5. The van der Waals surface area contributed by atoms with Gasteiger partial charge in [-0.3, -0.25) is 9.59 Å². The van der Waals surface area contributed by atoms with Crippen LogP contribution in [0.3, 0.4) is 0 Å². The van der Waals surface area contributed by atoms with Crippen LogP contribution < -0.4 is 5.56 Å². The molecule has 26 heavy (non-hydrogen) atoms. The van der Waals surface area contributed by atoms with Crippen molar-refractivity contribution in [2.75, 3.05) is 6.26 Å². The van der Waals surface area contributed by atoms with Crippen LogP contribution in [0, 0.1) is 3.57 Å². The maximum absolute atomic E-state index is 12.6. The van der Waals surface area contributed by atoms with E-state index in [0.717, 1.165) is 15.4 Å². The average Bonchev–Trinajstić information content (AvgIpc) is 2.58. The van der Waals surface area contributed by atoms with Gasteiger partial charge in [0.25, 0.3) is 5.56 Å². The first-order valence-corrected chi connectivity index (χ1v) is 10.9. The monoisotopic (exact) mass is 489 g/mol. The fraction of sp³-hybridized carbons (Fsp3) is 0.333. The van der Waals surface area contributed by atoms with E-state index < -0.39 is 20.6 Å². The molecule has 0 spiro atoms. The number of hydrogen-bond donors (Lipinski definition) is 0. The Bertz CT molecular complexity index is 940. The summed E-state index contributed by atoms with van der Waals surface area (Å²) in [6.07, 6.45) is 2.54. The molecule has 8 heteroatoms. The Morgan fingerprint density at radius 3 is 2.46 bits per heavy atom. The third-order valence-corrected chi connectivity index (χ3v) is 6.93. The predicted octanol–water partition coefficient (Wildman–Crippen LogP) is 2.39. The lowest BCUT2D eigenvalue weighted by Crippen LogP contribution is -2.45. The summed E-state index contributed by atoms with van der Waals surface area (Å²) in [7, 11) is -3.75. The van der Waals surface area contributed by atoms with Crippen molar-refractivity contribution in [2.45, 2.75) is 31.2 Å². The lowest BCUT2D eigenvalue weighted by atomic mass is 10.1. The highest BCUT2D eigenvalue weighted by Crippen LogP contribution is 2.24. The molecule has 0 fully saturated rings. The van der Waals surface area contributed by atoms with Crippen molar-refractivity contribution in [2.24, 2.45) is 0 Å². The van der Waals surface area contributed by atoms with Gasteiger partial charge >= 0.3 is 5.97 Å². The molecule has 1 atom stereocenters. The van der Waals surface area contributed by atoms with Gasteiger partial charge in [-0.25, -0.2) is 8.42 Å².